The van der Waals surface area contributed by atoms with E-state index in [4.69, 9.17) is 5.73 Å². The number of nitrogens with two attached hydrogens (primary N) is 1. The molecular weight excluding hydrogens is 298 g/mol. The van der Waals surface area contributed by atoms with Gasteiger partial charge in [-0.25, -0.2) is 0 Å². The second-order valence-corrected chi connectivity index (χ2v) is 7.38. The average Bonchev–Trinajstić information content (AvgIpc) is 2.62. The molecule has 2 fully saturated rings. The number of carbonyl (C=O) groups excluding carboxylic acids is 1. The van der Waals surface area contributed by atoms with Crippen molar-refractivity contribution in [2.75, 3.05) is 38.5 Å². The molecule has 1 heterocycles. The first-order valence-corrected chi connectivity index (χ1v) is 9.56. The van der Waals surface area contributed by atoms with Gasteiger partial charge in [-0.15, -0.1) is 0 Å². The maximum Gasteiger partial charge on any atom is 0.222 e. The zero-order valence-electron chi connectivity index (χ0n) is 14.8. The molecule has 1 aromatic rings. The predicted molar refractivity (Wildman–Crippen MR) is 98.8 cm³/mol. The van der Waals surface area contributed by atoms with Crippen molar-refractivity contribution >= 4 is 11.6 Å². The molecule has 24 heavy (non-hydrogen) atoms. The molecule has 1 saturated heterocycles. The molecule has 1 aliphatic heterocycles. The van der Waals surface area contributed by atoms with Gasteiger partial charge < -0.3 is 10.6 Å². The maximum absolute atomic E-state index is 12.4. The first-order chi connectivity index (χ1) is 11.7. The summed E-state index contributed by atoms with van der Waals surface area (Å²) in [6.45, 7) is 5.08. The van der Waals surface area contributed by atoms with Gasteiger partial charge in [-0.3, -0.25) is 9.69 Å². The summed E-state index contributed by atoms with van der Waals surface area (Å²) in [4.78, 5) is 17.0. The average molecular weight is 329 g/mol. The number of rotatable bonds is 5. The quantitative estimate of drug-likeness (QED) is 0.845. The van der Waals surface area contributed by atoms with Crippen LogP contribution >= 0.6 is 0 Å². The highest BCUT2D eigenvalue weighted by molar-refractivity contribution is 5.76. The van der Waals surface area contributed by atoms with Crippen molar-refractivity contribution in [3.8, 4) is 0 Å². The summed E-state index contributed by atoms with van der Waals surface area (Å²) in [5, 5.41) is 0. The highest BCUT2D eigenvalue weighted by Crippen LogP contribution is 2.24. The lowest BCUT2D eigenvalue weighted by molar-refractivity contribution is -0.133. The molecule has 3 rings (SSSR count). The van der Waals surface area contributed by atoms with Gasteiger partial charge in [0.2, 0.25) is 5.91 Å². The van der Waals surface area contributed by atoms with Crippen LogP contribution in [0, 0.1) is 5.92 Å². The van der Waals surface area contributed by atoms with Gasteiger partial charge in [0.05, 0.1) is 0 Å². The molecule has 1 amide bonds. The van der Waals surface area contributed by atoms with Crippen molar-refractivity contribution < 1.29 is 4.79 Å². The van der Waals surface area contributed by atoms with Gasteiger partial charge in [0.25, 0.3) is 0 Å². The molecule has 2 aliphatic rings. The van der Waals surface area contributed by atoms with E-state index in [2.05, 4.69) is 4.90 Å². The molecule has 1 saturated carbocycles. The van der Waals surface area contributed by atoms with Crippen molar-refractivity contribution in [1.82, 2.24) is 9.80 Å². The molecule has 132 valence electrons. The number of nitrogen functional groups attached to an aromatic ring is 1. The van der Waals surface area contributed by atoms with Gasteiger partial charge >= 0.3 is 0 Å². The van der Waals surface area contributed by atoms with Gasteiger partial charge in [-0.05, 0) is 36.8 Å². The molecule has 1 aliphatic carbocycles. The Bertz CT molecular complexity index is 531. The van der Waals surface area contributed by atoms with E-state index in [1.807, 2.05) is 29.2 Å². The number of para-hydroxylation sites is 1. The molecule has 0 unspecified atom stereocenters. The number of hydrogen-bond donors (Lipinski definition) is 1. The van der Waals surface area contributed by atoms with E-state index in [1.54, 1.807) is 0 Å². The number of carbonyl (C=O) groups is 1. The van der Waals surface area contributed by atoms with Crippen LogP contribution in [0.1, 0.15) is 44.1 Å². The molecule has 0 spiro atoms. The molecule has 0 aromatic heterocycles. The molecular formula is C20H31N3O. The third-order valence-electron chi connectivity index (χ3n) is 5.63. The van der Waals surface area contributed by atoms with E-state index < -0.39 is 0 Å². The Balaban J connectivity index is 1.39. The fraction of sp³-hybridized carbons (Fsp3) is 0.650. The number of anilines is 1. The van der Waals surface area contributed by atoms with Gasteiger partial charge in [-0.1, -0.05) is 37.5 Å². The summed E-state index contributed by atoms with van der Waals surface area (Å²) in [5.41, 5.74) is 7.84. The van der Waals surface area contributed by atoms with Crippen LogP contribution in [0.15, 0.2) is 24.3 Å². The predicted octanol–water partition coefficient (Wildman–Crippen LogP) is 2.93. The largest absolute Gasteiger partial charge is 0.399 e. The lowest BCUT2D eigenvalue weighted by Crippen LogP contribution is -2.49. The summed E-state index contributed by atoms with van der Waals surface area (Å²) >= 11 is 0. The molecule has 4 heteroatoms. The summed E-state index contributed by atoms with van der Waals surface area (Å²) in [7, 11) is 0. The lowest BCUT2D eigenvalue weighted by atomic mass is 9.89. The molecule has 0 radical (unpaired) electrons. The topological polar surface area (TPSA) is 49.6 Å². The van der Waals surface area contributed by atoms with Crippen LogP contribution in [0.25, 0.3) is 0 Å². The number of aryl methyl sites for hydroxylation is 1. The zero-order chi connectivity index (χ0) is 16.8. The molecule has 4 nitrogen and oxygen atoms in total. The first kappa shape index (κ1) is 17.3. The number of amides is 1. The summed E-state index contributed by atoms with van der Waals surface area (Å²) in [5.74, 6) is 1.16. The second kappa shape index (κ2) is 8.52. The molecule has 0 bridgehead atoms. The van der Waals surface area contributed by atoms with Gasteiger partial charge in [0.15, 0.2) is 0 Å². The van der Waals surface area contributed by atoms with Crippen molar-refractivity contribution in [2.45, 2.75) is 44.9 Å². The van der Waals surface area contributed by atoms with Crippen molar-refractivity contribution in [1.29, 1.82) is 0 Å². The normalized spacial score (nSPS) is 20.2. The summed E-state index contributed by atoms with van der Waals surface area (Å²) < 4.78 is 0. The highest BCUT2D eigenvalue weighted by atomic mass is 16.2. The van der Waals surface area contributed by atoms with Crippen LogP contribution in [-0.4, -0.2) is 48.4 Å². The van der Waals surface area contributed by atoms with Crippen LogP contribution in [0.3, 0.4) is 0 Å². The van der Waals surface area contributed by atoms with E-state index in [0.717, 1.165) is 49.8 Å². The number of benzene rings is 1. The van der Waals surface area contributed by atoms with E-state index >= 15 is 0 Å². The van der Waals surface area contributed by atoms with Gasteiger partial charge in [0, 0.05) is 44.8 Å². The standard InChI is InChI=1S/C20H31N3O/c21-19-9-5-4-8-18(19)10-11-20(24)23-14-12-22(13-15-23)16-17-6-2-1-3-7-17/h4-5,8-9,17H,1-3,6-7,10-16,21H2. The Kier molecular flexibility index (Phi) is 6.13. The maximum atomic E-state index is 12.4. The third kappa shape index (κ3) is 4.73. The van der Waals surface area contributed by atoms with Crippen LogP contribution < -0.4 is 5.73 Å². The minimum atomic E-state index is 0.274. The molecule has 1 aromatic carbocycles. The Hall–Kier alpha value is -1.55. The van der Waals surface area contributed by atoms with Crippen molar-refractivity contribution in [2.24, 2.45) is 5.92 Å². The van der Waals surface area contributed by atoms with Crippen molar-refractivity contribution in [3.05, 3.63) is 29.8 Å². The number of piperazine rings is 1. The highest BCUT2D eigenvalue weighted by Gasteiger charge is 2.23. The van der Waals surface area contributed by atoms with E-state index in [-0.39, 0.29) is 5.91 Å². The Morgan fingerprint density at radius 1 is 1.04 bits per heavy atom. The van der Waals surface area contributed by atoms with Crippen LogP contribution in [0.5, 0.6) is 0 Å². The Labute approximate surface area is 146 Å². The third-order valence-corrected chi connectivity index (χ3v) is 5.63. The van der Waals surface area contributed by atoms with E-state index in [9.17, 15) is 4.79 Å². The van der Waals surface area contributed by atoms with E-state index in [1.165, 1.54) is 38.6 Å². The van der Waals surface area contributed by atoms with Crippen LogP contribution in [-0.2, 0) is 11.2 Å². The number of hydrogen-bond acceptors (Lipinski definition) is 3. The Morgan fingerprint density at radius 3 is 2.46 bits per heavy atom. The number of nitrogens with zero attached hydrogens (tertiary/aromatic N) is 2. The fourth-order valence-corrected chi connectivity index (χ4v) is 4.08. The first-order valence-electron chi connectivity index (χ1n) is 9.56. The van der Waals surface area contributed by atoms with Gasteiger partial charge in [-0.2, -0.15) is 0 Å². The van der Waals surface area contributed by atoms with E-state index in [0.29, 0.717) is 6.42 Å². The monoisotopic (exact) mass is 329 g/mol. The molecule has 2 N–H and O–H groups in total. The Morgan fingerprint density at radius 2 is 1.75 bits per heavy atom. The zero-order valence-corrected chi connectivity index (χ0v) is 14.8. The van der Waals surface area contributed by atoms with Crippen LogP contribution in [0.2, 0.25) is 0 Å². The smallest absolute Gasteiger partial charge is 0.222 e. The minimum absolute atomic E-state index is 0.274. The van der Waals surface area contributed by atoms with Crippen molar-refractivity contribution in [3.63, 3.8) is 0 Å². The summed E-state index contributed by atoms with van der Waals surface area (Å²) in [6, 6.07) is 7.85. The minimum Gasteiger partial charge on any atom is -0.399 e. The second-order valence-electron chi connectivity index (χ2n) is 7.38. The fourth-order valence-electron chi connectivity index (χ4n) is 4.08. The lowest BCUT2D eigenvalue weighted by Gasteiger charge is -2.37. The van der Waals surface area contributed by atoms with Gasteiger partial charge in [0.1, 0.15) is 0 Å². The molecule has 0 atom stereocenters. The van der Waals surface area contributed by atoms with Crippen LogP contribution in [0.4, 0.5) is 5.69 Å². The summed E-state index contributed by atoms with van der Waals surface area (Å²) in [6.07, 6.45) is 8.35. The SMILES string of the molecule is Nc1ccccc1CCC(=O)N1CCN(CC2CCCCC2)CC1.